The maximum absolute atomic E-state index is 13.7. The van der Waals surface area contributed by atoms with Crippen LogP contribution in [-0.4, -0.2) is 17.0 Å². The third kappa shape index (κ3) is 3.01. The molecule has 0 aliphatic rings. The maximum atomic E-state index is 13.7. The Balaban J connectivity index is 2.13. The Hall–Kier alpha value is -2.01. The third-order valence-electron chi connectivity index (χ3n) is 2.38. The van der Waals surface area contributed by atoms with Crippen molar-refractivity contribution in [3.63, 3.8) is 0 Å². The van der Waals surface area contributed by atoms with Crippen molar-refractivity contribution in [2.24, 2.45) is 0 Å². The third-order valence-corrected chi connectivity index (χ3v) is 2.38. The molecule has 0 saturated carbocycles. The minimum absolute atomic E-state index is 0.151. The number of hydrogen-bond acceptors (Lipinski definition) is 4. The Labute approximate surface area is 105 Å². The van der Waals surface area contributed by atoms with E-state index in [-0.39, 0.29) is 18.2 Å². The van der Waals surface area contributed by atoms with Crippen LogP contribution in [0.2, 0.25) is 0 Å². The van der Waals surface area contributed by atoms with E-state index in [2.05, 4.69) is 15.3 Å². The molecule has 0 amide bonds. The number of benzene rings is 1. The van der Waals surface area contributed by atoms with Crippen molar-refractivity contribution in [1.82, 2.24) is 15.3 Å². The fourth-order valence-electron chi connectivity index (χ4n) is 1.59. The molecule has 0 radical (unpaired) electrons. The number of para-hydroxylation sites is 1. The lowest BCUT2D eigenvalue weighted by Gasteiger charge is -2.11. The zero-order valence-electron chi connectivity index (χ0n) is 10.1. The van der Waals surface area contributed by atoms with Gasteiger partial charge in [0.15, 0.2) is 17.4 Å². The molecule has 0 bridgehead atoms. The van der Waals surface area contributed by atoms with Crippen molar-refractivity contribution < 1.29 is 9.13 Å². The molecule has 2 aromatic rings. The van der Waals surface area contributed by atoms with Gasteiger partial charge in [-0.3, -0.25) is 0 Å². The molecule has 0 saturated heterocycles. The smallest absolute Gasteiger partial charge is 0.166 e. The monoisotopic (exact) mass is 247 g/mol. The molecule has 4 nitrogen and oxygen atoms in total. The van der Waals surface area contributed by atoms with Gasteiger partial charge in [0.05, 0.1) is 0 Å². The normalized spacial score (nSPS) is 10.3. The summed E-state index contributed by atoms with van der Waals surface area (Å²) in [5.41, 5.74) is 0.772. The number of nitrogens with zero attached hydrogens (tertiary/aromatic N) is 2. The average Bonchev–Trinajstić information content (AvgIpc) is 2.40. The SMILES string of the molecule is CNCc1cccc(F)c1OCc1ncccn1. The van der Waals surface area contributed by atoms with Crippen LogP contribution in [0.4, 0.5) is 4.39 Å². The molecule has 0 atom stereocenters. The molecule has 5 heteroatoms. The molecule has 0 fully saturated rings. The first-order chi connectivity index (χ1) is 8.81. The molecular weight excluding hydrogens is 233 g/mol. The van der Waals surface area contributed by atoms with Crippen molar-refractivity contribution in [1.29, 1.82) is 0 Å². The lowest BCUT2D eigenvalue weighted by molar-refractivity contribution is 0.277. The number of aromatic nitrogens is 2. The van der Waals surface area contributed by atoms with Crippen LogP contribution in [0.3, 0.4) is 0 Å². The second-order valence-electron chi connectivity index (χ2n) is 3.71. The van der Waals surface area contributed by atoms with Crippen molar-refractivity contribution in [3.05, 3.63) is 53.9 Å². The Morgan fingerprint density at radius 3 is 2.72 bits per heavy atom. The highest BCUT2D eigenvalue weighted by Crippen LogP contribution is 2.23. The van der Waals surface area contributed by atoms with Crippen LogP contribution in [-0.2, 0) is 13.2 Å². The molecule has 18 heavy (non-hydrogen) atoms. The maximum Gasteiger partial charge on any atom is 0.166 e. The molecule has 1 aromatic carbocycles. The summed E-state index contributed by atoms with van der Waals surface area (Å²) in [6.07, 6.45) is 3.25. The number of nitrogens with one attached hydrogen (secondary N) is 1. The van der Waals surface area contributed by atoms with Crippen molar-refractivity contribution >= 4 is 0 Å². The van der Waals surface area contributed by atoms with Gasteiger partial charge in [-0.15, -0.1) is 0 Å². The minimum Gasteiger partial charge on any atom is -0.482 e. The topological polar surface area (TPSA) is 47.0 Å². The highest BCUT2D eigenvalue weighted by molar-refractivity contribution is 5.34. The van der Waals surface area contributed by atoms with E-state index in [1.54, 1.807) is 31.6 Å². The Kier molecular flexibility index (Phi) is 4.20. The van der Waals surface area contributed by atoms with Crippen LogP contribution in [0.25, 0.3) is 0 Å². The quantitative estimate of drug-likeness (QED) is 0.876. The standard InChI is InChI=1S/C13H14FN3O/c1-15-8-10-4-2-5-11(14)13(10)18-9-12-16-6-3-7-17-12/h2-7,15H,8-9H2,1H3. The van der Waals surface area contributed by atoms with E-state index >= 15 is 0 Å². The van der Waals surface area contributed by atoms with Gasteiger partial charge in [0, 0.05) is 24.5 Å². The van der Waals surface area contributed by atoms with E-state index in [0.29, 0.717) is 12.4 Å². The van der Waals surface area contributed by atoms with Gasteiger partial charge in [0.1, 0.15) is 6.61 Å². The Bertz CT molecular complexity index is 505. The van der Waals surface area contributed by atoms with E-state index in [1.807, 2.05) is 6.07 Å². The lowest BCUT2D eigenvalue weighted by Crippen LogP contribution is -2.09. The van der Waals surface area contributed by atoms with Crippen molar-refractivity contribution in [2.45, 2.75) is 13.2 Å². The molecule has 2 rings (SSSR count). The largest absolute Gasteiger partial charge is 0.482 e. The van der Waals surface area contributed by atoms with Gasteiger partial charge in [-0.2, -0.15) is 0 Å². The van der Waals surface area contributed by atoms with Crippen molar-refractivity contribution in [2.75, 3.05) is 7.05 Å². The molecule has 0 unspecified atom stereocenters. The first kappa shape index (κ1) is 12.4. The predicted molar refractivity (Wildman–Crippen MR) is 65.5 cm³/mol. The fourth-order valence-corrected chi connectivity index (χ4v) is 1.59. The summed E-state index contributed by atoms with van der Waals surface area (Å²) in [6.45, 7) is 0.696. The molecule has 1 aromatic heterocycles. The first-order valence-electron chi connectivity index (χ1n) is 5.62. The van der Waals surface area contributed by atoms with Crippen LogP contribution in [0.1, 0.15) is 11.4 Å². The second-order valence-corrected chi connectivity index (χ2v) is 3.71. The van der Waals surface area contributed by atoms with E-state index in [4.69, 9.17) is 4.74 Å². The van der Waals surface area contributed by atoms with E-state index in [9.17, 15) is 4.39 Å². The number of hydrogen-bond donors (Lipinski definition) is 1. The number of halogens is 1. The fraction of sp³-hybridized carbons (Fsp3) is 0.231. The van der Waals surface area contributed by atoms with Gasteiger partial charge >= 0.3 is 0 Å². The molecule has 1 N–H and O–H groups in total. The molecule has 0 spiro atoms. The summed E-state index contributed by atoms with van der Waals surface area (Å²) in [7, 11) is 1.80. The zero-order chi connectivity index (χ0) is 12.8. The van der Waals surface area contributed by atoms with E-state index in [1.165, 1.54) is 6.07 Å². The summed E-state index contributed by atoms with van der Waals surface area (Å²) in [5.74, 6) is 0.397. The molecule has 0 aliphatic heterocycles. The van der Waals surface area contributed by atoms with Gasteiger partial charge in [0.2, 0.25) is 0 Å². The minimum atomic E-state index is -0.376. The summed E-state index contributed by atoms with van der Waals surface area (Å²) in [6, 6.07) is 6.58. The summed E-state index contributed by atoms with van der Waals surface area (Å²) in [5, 5.41) is 2.97. The van der Waals surface area contributed by atoms with Gasteiger partial charge in [-0.25, -0.2) is 14.4 Å². The summed E-state index contributed by atoms with van der Waals surface area (Å²) >= 11 is 0. The van der Waals surface area contributed by atoms with Crippen LogP contribution in [0.5, 0.6) is 5.75 Å². The average molecular weight is 247 g/mol. The van der Waals surface area contributed by atoms with Crippen LogP contribution >= 0.6 is 0 Å². The summed E-state index contributed by atoms with van der Waals surface area (Å²) < 4.78 is 19.1. The van der Waals surface area contributed by atoms with Gasteiger partial charge in [-0.05, 0) is 19.2 Å². The Morgan fingerprint density at radius 1 is 1.22 bits per heavy atom. The summed E-state index contributed by atoms with van der Waals surface area (Å²) in [4.78, 5) is 8.05. The van der Waals surface area contributed by atoms with Crippen LogP contribution in [0, 0.1) is 5.82 Å². The Morgan fingerprint density at radius 2 is 2.00 bits per heavy atom. The highest BCUT2D eigenvalue weighted by Gasteiger charge is 2.09. The molecule has 0 aliphatic carbocycles. The molecular formula is C13H14FN3O. The highest BCUT2D eigenvalue weighted by atomic mass is 19.1. The van der Waals surface area contributed by atoms with Crippen LogP contribution in [0.15, 0.2) is 36.7 Å². The van der Waals surface area contributed by atoms with E-state index < -0.39 is 0 Å². The molecule has 1 heterocycles. The number of ether oxygens (including phenoxy) is 1. The van der Waals surface area contributed by atoms with E-state index in [0.717, 1.165) is 5.56 Å². The van der Waals surface area contributed by atoms with Gasteiger partial charge < -0.3 is 10.1 Å². The number of rotatable bonds is 5. The lowest BCUT2D eigenvalue weighted by atomic mass is 10.2. The van der Waals surface area contributed by atoms with Crippen molar-refractivity contribution in [3.8, 4) is 5.75 Å². The second kappa shape index (κ2) is 6.07. The van der Waals surface area contributed by atoms with Crippen LogP contribution < -0.4 is 10.1 Å². The molecule has 94 valence electrons. The predicted octanol–water partition coefficient (Wildman–Crippen LogP) is 1.91. The first-order valence-corrected chi connectivity index (χ1v) is 5.62. The van der Waals surface area contributed by atoms with Gasteiger partial charge in [-0.1, -0.05) is 12.1 Å². The zero-order valence-corrected chi connectivity index (χ0v) is 10.1. The van der Waals surface area contributed by atoms with Gasteiger partial charge in [0.25, 0.3) is 0 Å².